The van der Waals surface area contributed by atoms with Crippen LogP contribution in [0.4, 0.5) is 23.2 Å². The smallest absolute Gasteiger partial charge is 0.441 e. The molecule has 0 radical (unpaired) electrons. The van der Waals surface area contributed by atoms with Crippen molar-refractivity contribution >= 4 is 29.2 Å². The fraction of sp³-hybridized carbons (Fsp3) is 0.467. The third-order valence-electron chi connectivity index (χ3n) is 3.06. The van der Waals surface area contributed by atoms with Crippen molar-refractivity contribution in [1.29, 1.82) is 0 Å². The highest BCUT2D eigenvalue weighted by Gasteiger charge is 2.63. The van der Waals surface area contributed by atoms with Crippen LogP contribution >= 0.6 is 11.6 Å². The molecule has 10 heteroatoms. The number of halogens is 5. The maximum absolute atomic E-state index is 13.7. The molecule has 0 unspecified atom stereocenters. The van der Waals surface area contributed by atoms with Crippen LogP contribution in [0.25, 0.3) is 0 Å². The molecule has 1 atom stereocenters. The van der Waals surface area contributed by atoms with Gasteiger partial charge in [-0.3, -0.25) is 4.79 Å². The molecule has 0 spiro atoms. The molecule has 5 nitrogen and oxygen atoms in total. The van der Waals surface area contributed by atoms with Gasteiger partial charge in [0.05, 0.1) is 11.6 Å². The van der Waals surface area contributed by atoms with Crippen molar-refractivity contribution < 1.29 is 31.9 Å². The van der Waals surface area contributed by atoms with Crippen molar-refractivity contribution in [2.24, 2.45) is 0 Å². The van der Waals surface area contributed by atoms with Crippen molar-refractivity contribution in [1.82, 2.24) is 5.32 Å². The van der Waals surface area contributed by atoms with Crippen LogP contribution in [0.5, 0.6) is 0 Å². The van der Waals surface area contributed by atoms with E-state index in [9.17, 15) is 27.2 Å². The van der Waals surface area contributed by atoms with E-state index in [1.165, 1.54) is 6.92 Å². The van der Waals surface area contributed by atoms with E-state index in [0.29, 0.717) is 0 Å². The Hall–Kier alpha value is -2.03. The summed E-state index contributed by atoms with van der Waals surface area (Å²) in [5.74, 6) is -3.60. The van der Waals surface area contributed by atoms with Crippen LogP contribution in [-0.4, -0.2) is 30.3 Å². The molecule has 1 aromatic carbocycles. The summed E-state index contributed by atoms with van der Waals surface area (Å²) in [6, 6.07) is 2.64. The Labute approximate surface area is 146 Å². The zero-order valence-corrected chi connectivity index (χ0v) is 14.2. The normalized spacial score (nSPS) is 13.7. The van der Waals surface area contributed by atoms with Crippen LogP contribution in [0.15, 0.2) is 18.2 Å². The van der Waals surface area contributed by atoms with Gasteiger partial charge in [-0.05, 0) is 31.5 Å². The van der Waals surface area contributed by atoms with Gasteiger partial charge in [0.1, 0.15) is 5.82 Å². The average Bonchev–Trinajstić information content (AvgIpc) is 2.49. The van der Waals surface area contributed by atoms with Gasteiger partial charge in [0.25, 0.3) is 0 Å². The summed E-state index contributed by atoms with van der Waals surface area (Å²) in [5.41, 5.74) is -3.86. The Balaban J connectivity index is 3.37. The molecule has 0 aliphatic heterocycles. The van der Waals surface area contributed by atoms with E-state index in [1.807, 2.05) is 5.32 Å². The van der Waals surface area contributed by atoms with Gasteiger partial charge in [0.15, 0.2) is 0 Å². The highest BCUT2D eigenvalue weighted by Crippen LogP contribution is 2.34. The number of rotatable bonds is 7. The Morgan fingerprint density at radius 3 is 2.36 bits per heavy atom. The quantitative estimate of drug-likeness (QED) is 0.428. The third kappa shape index (κ3) is 4.97. The molecule has 0 saturated heterocycles. The number of alkyl halides is 3. The molecule has 140 valence electrons. The van der Waals surface area contributed by atoms with Crippen molar-refractivity contribution in [3.05, 3.63) is 29.0 Å². The van der Waals surface area contributed by atoms with E-state index in [2.05, 4.69) is 4.74 Å². The highest BCUT2D eigenvalue weighted by atomic mass is 35.5. The first-order valence-electron chi connectivity index (χ1n) is 7.35. The van der Waals surface area contributed by atoms with Crippen molar-refractivity contribution in [2.45, 2.75) is 38.5 Å². The standard InChI is InChI=1S/C15H17ClF4N2O3/c1-3-5-12(23)22-14(15(18,19)20,13(24)25-4-2)21-9-6-7-11(17)10(16)8-9/h6-8,21H,3-5H2,1-2H3,(H,22,23)/t14-/m0/s1. The maximum atomic E-state index is 13.7. The van der Waals surface area contributed by atoms with E-state index in [1.54, 1.807) is 12.2 Å². The minimum atomic E-state index is -5.25. The number of benzene rings is 1. The lowest BCUT2D eigenvalue weighted by Gasteiger charge is -2.35. The third-order valence-corrected chi connectivity index (χ3v) is 3.35. The molecular formula is C15H17ClF4N2O3. The van der Waals surface area contributed by atoms with E-state index in [0.717, 1.165) is 18.2 Å². The first-order chi connectivity index (χ1) is 11.6. The Morgan fingerprint density at radius 1 is 1.24 bits per heavy atom. The number of carbonyl (C=O) groups is 2. The van der Waals surface area contributed by atoms with Gasteiger partial charge in [0.2, 0.25) is 5.91 Å². The van der Waals surface area contributed by atoms with Gasteiger partial charge in [-0.15, -0.1) is 0 Å². The number of ether oxygens (including phenoxy) is 1. The summed E-state index contributed by atoms with van der Waals surface area (Å²) in [6.07, 6.45) is -5.21. The Morgan fingerprint density at radius 2 is 1.88 bits per heavy atom. The van der Waals surface area contributed by atoms with Crippen LogP contribution in [0, 0.1) is 5.82 Å². The van der Waals surface area contributed by atoms with Crippen LogP contribution in [0.2, 0.25) is 5.02 Å². The van der Waals surface area contributed by atoms with Crippen LogP contribution in [-0.2, 0) is 14.3 Å². The fourth-order valence-corrected chi connectivity index (χ4v) is 2.10. The molecule has 0 aliphatic rings. The number of anilines is 1. The van der Waals surface area contributed by atoms with E-state index in [-0.39, 0.29) is 25.1 Å². The number of amides is 1. The lowest BCUT2D eigenvalue weighted by molar-refractivity contribution is -0.207. The molecular weight excluding hydrogens is 368 g/mol. The lowest BCUT2D eigenvalue weighted by Crippen LogP contribution is -2.69. The zero-order chi connectivity index (χ0) is 19.3. The van der Waals surface area contributed by atoms with E-state index < -0.39 is 34.6 Å². The van der Waals surface area contributed by atoms with Gasteiger partial charge in [-0.25, -0.2) is 9.18 Å². The highest BCUT2D eigenvalue weighted by molar-refractivity contribution is 6.31. The largest absolute Gasteiger partial charge is 0.463 e. The first-order valence-corrected chi connectivity index (χ1v) is 7.73. The lowest BCUT2D eigenvalue weighted by atomic mass is 10.1. The molecule has 0 heterocycles. The van der Waals surface area contributed by atoms with Crippen LogP contribution < -0.4 is 10.6 Å². The minimum absolute atomic E-state index is 0.233. The van der Waals surface area contributed by atoms with Gasteiger partial charge in [0, 0.05) is 12.1 Å². The van der Waals surface area contributed by atoms with E-state index >= 15 is 0 Å². The molecule has 0 aromatic heterocycles. The van der Waals surface area contributed by atoms with Gasteiger partial charge < -0.3 is 15.4 Å². The molecule has 25 heavy (non-hydrogen) atoms. The fourth-order valence-electron chi connectivity index (χ4n) is 1.92. The predicted molar refractivity (Wildman–Crippen MR) is 83.5 cm³/mol. The number of nitrogens with one attached hydrogen (secondary N) is 2. The summed E-state index contributed by atoms with van der Waals surface area (Å²) < 4.78 is 58.9. The molecule has 0 aliphatic carbocycles. The number of esters is 1. The molecule has 2 N–H and O–H groups in total. The molecule has 1 amide bonds. The minimum Gasteiger partial charge on any atom is -0.463 e. The van der Waals surface area contributed by atoms with Gasteiger partial charge in [-0.2, -0.15) is 13.2 Å². The predicted octanol–water partition coefficient (Wildman–Crippen LogP) is 3.63. The second kappa shape index (κ2) is 8.37. The Kier molecular flexibility index (Phi) is 7.04. The van der Waals surface area contributed by atoms with Crippen molar-refractivity contribution in [3.63, 3.8) is 0 Å². The summed E-state index contributed by atoms with van der Waals surface area (Å²) in [6.45, 7) is 2.57. The zero-order valence-electron chi connectivity index (χ0n) is 13.5. The summed E-state index contributed by atoms with van der Waals surface area (Å²) >= 11 is 5.55. The summed E-state index contributed by atoms with van der Waals surface area (Å²) in [5, 5.41) is 3.09. The molecule has 1 aromatic rings. The maximum Gasteiger partial charge on any atom is 0.441 e. The molecule has 0 bridgehead atoms. The van der Waals surface area contributed by atoms with Crippen molar-refractivity contribution in [2.75, 3.05) is 11.9 Å². The molecule has 0 saturated carbocycles. The van der Waals surface area contributed by atoms with E-state index in [4.69, 9.17) is 11.6 Å². The second-order valence-corrected chi connectivity index (χ2v) is 5.43. The molecule has 1 rings (SSSR count). The number of hydrogen-bond acceptors (Lipinski definition) is 4. The van der Waals surface area contributed by atoms with Gasteiger partial charge in [-0.1, -0.05) is 18.5 Å². The van der Waals surface area contributed by atoms with Crippen LogP contribution in [0.1, 0.15) is 26.7 Å². The van der Waals surface area contributed by atoms with Crippen molar-refractivity contribution in [3.8, 4) is 0 Å². The van der Waals surface area contributed by atoms with Gasteiger partial charge >= 0.3 is 17.8 Å². The summed E-state index contributed by atoms with van der Waals surface area (Å²) in [4.78, 5) is 23.9. The second-order valence-electron chi connectivity index (χ2n) is 5.02. The average molecular weight is 385 g/mol. The van der Waals surface area contributed by atoms with Crippen LogP contribution in [0.3, 0.4) is 0 Å². The molecule has 0 fully saturated rings. The number of hydrogen-bond donors (Lipinski definition) is 2. The number of carbonyl (C=O) groups excluding carboxylic acids is 2. The topological polar surface area (TPSA) is 67.4 Å². The first kappa shape index (κ1) is 21.0. The monoisotopic (exact) mass is 384 g/mol. The SMILES string of the molecule is CCCC(=O)N[C@@](Nc1ccc(F)c(Cl)c1)(C(=O)OCC)C(F)(F)F. The Bertz CT molecular complexity index is 640. The summed E-state index contributed by atoms with van der Waals surface area (Å²) in [7, 11) is 0.